The molecule has 0 aliphatic carbocycles. The highest BCUT2D eigenvalue weighted by atomic mass is 79.9. The van der Waals surface area contributed by atoms with Crippen LogP contribution in [-0.2, 0) is 16.6 Å². The van der Waals surface area contributed by atoms with E-state index < -0.39 is 10.8 Å². The normalized spacial score (nSPS) is 11.8. The van der Waals surface area contributed by atoms with Gasteiger partial charge < -0.3 is 5.73 Å². The van der Waals surface area contributed by atoms with Crippen molar-refractivity contribution in [2.24, 2.45) is 0 Å². The monoisotopic (exact) mass is 335 g/mol. The minimum absolute atomic E-state index is 0.303. The van der Waals surface area contributed by atoms with Crippen LogP contribution in [0.4, 0.5) is 5.69 Å². The zero-order chi connectivity index (χ0) is 13.8. The van der Waals surface area contributed by atoms with Crippen molar-refractivity contribution >= 4 is 32.4 Å². The molecule has 0 fully saturated rings. The molecule has 0 radical (unpaired) electrons. The largest absolute Gasteiger partial charge is 0.398 e. The Morgan fingerprint density at radius 2 is 2.16 bits per heavy atom. The van der Waals surface area contributed by atoms with Gasteiger partial charge in [-0.1, -0.05) is 15.9 Å². The Bertz CT molecular complexity index is 682. The van der Waals surface area contributed by atoms with Gasteiger partial charge in [0.05, 0.1) is 21.4 Å². The molecule has 0 amide bonds. The SMILES string of the molecule is N#Cc1cc(CS(=O)c2cc(Br)ccc2N)ccn1. The molecule has 0 aliphatic rings. The molecule has 1 heterocycles. The van der Waals surface area contributed by atoms with Crippen molar-refractivity contribution in [2.75, 3.05) is 5.73 Å². The quantitative estimate of drug-likeness (QED) is 0.874. The third kappa shape index (κ3) is 3.40. The molecule has 2 aromatic rings. The van der Waals surface area contributed by atoms with E-state index in [-0.39, 0.29) is 0 Å². The molecule has 96 valence electrons. The summed E-state index contributed by atoms with van der Waals surface area (Å²) in [5, 5.41) is 8.78. The number of halogens is 1. The fourth-order valence-corrected chi connectivity index (χ4v) is 3.30. The van der Waals surface area contributed by atoms with Gasteiger partial charge in [0.15, 0.2) is 0 Å². The molecule has 4 nitrogen and oxygen atoms in total. The van der Waals surface area contributed by atoms with Gasteiger partial charge >= 0.3 is 0 Å². The zero-order valence-electron chi connectivity index (χ0n) is 9.84. The van der Waals surface area contributed by atoms with E-state index in [4.69, 9.17) is 11.0 Å². The highest BCUT2D eigenvalue weighted by Gasteiger charge is 2.10. The molecule has 1 unspecified atom stereocenters. The molecule has 19 heavy (non-hydrogen) atoms. The number of nitrogens with zero attached hydrogens (tertiary/aromatic N) is 2. The number of nitriles is 1. The summed E-state index contributed by atoms with van der Waals surface area (Å²) in [7, 11) is -1.26. The Balaban J connectivity index is 2.26. The molecule has 1 atom stereocenters. The number of hydrogen-bond donors (Lipinski definition) is 1. The van der Waals surface area contributed by atoms with Gasteiger partial charge in [0.25, 0.3) is 0 Å². The average molecular weight is 336 g/mol. The number of nitrogens with two attached hydrogens (primary N) is 1. The molecule has 0 spiro atoms. The van der Waals surface area contributed by atoms with Crippen LogP contribution >= 0.6 is 15.9 Å². The summed E-state index contributed by atoms with van der Waals surface area (Å²) in [4.78, 5) is 4.47. The molecule has 0 aliphatic heterocycles. The second-order valence-corrected chi connectivity index (χ2v) is 6.17. The highest BCUT2D eigenvalue weighted by Crippen LogP contribution is 2.23. The third-order valence-corrected chi connectivity index (χ3v) is 4.39. The lowest BCUT2D eigenvalue weighted by Gasteiger charge is -2.06. The lowest BCUT2D eigenvalue weighted by molar-refractivity contribution is 0.683. The fraction of sp³-hybridized carbons (Fsp3) is 0.0769. The van der Waals surface area contributed by atoms with Crippen LogP contribution in [0, 0.1) is 11.3 Å². The van der Waals surface area contributed by atoms with Crippen molar-refractivity contribution < 1.29 is 4.21 Å². The lowest BCUT2D eigenvalue weighted by atomic mass is 10.2. The second kappa shape index (κ2) is 5.95. The lowest BCUT2D eigenvalue weighted by Crippen LogP contribution is -2.01. The third-order valence-electron chi connectivity index (χ3n) is 2.46. The molecular formula is C13H10BrN3OS. The number of anilines is 1. The molecule has 0 saturated carbocycles. The number of aromatic nitrogens is 1. The first kappa shape index (κ1) is 13.7. The predicted molar refractivity (Wildman–Crippen MR) is 77.6 cm³/mol. The van der Waals surface area contributed by atoms with Crippen molar-refractivity contribution in [1.82, 2.24) is 4.98 Å². The smallest absolute Gasteiger partial charge is 0.140 e. The zero-order valence-corrected chi connectivity index (χ0v) is 12.2. The van der Waals surface area contributed by atoms with E-state index in [0.717, 1.165) is 10.0 Å². The van der Waals surface area contributed by atoms with Crippen molar-refractivity contribution in [3.05, 3.63) is 52.3 Å². The van der Waals surface area contributed by atoms with Gasteiger partial charge in [-0.2, -0.15) is 5.26 Å². The summed E-state index contributed by atoms with van der Waals surface area (Å²) in [6.07, 6.45) is 1.54. The van der Waals surface area contributed by atoms with Crippen molar-refractivity contribution in [3.8, 4) is 6.07 Å². The van der Waals surface area contributed by atoms with Crippen molar-refractivity contribution in [2.45, 2.75) is 10.6 Å². The number of hydrogen-bond acceptors (Lipinski definition) is 4. The van der Waals surface area contributed by atoms with Gasteiger partial charge in [0, 0.05) is 16.4 Å². The maximum absolute atomic E-state index is 12.3. The predicted octanol–water partition coefficient (Wildman–Crippen LogP) is 2.61. The Morgan fingerprint density at radius 1 is 1.37 bits per heavy atom. The summed E-state index contributed by atoms with van der Waals surface area (Å²) in [6.45, 7) is 0. The van der Waals surface area contributed by atoms with Gasteiger partial charge in [-0.3, -0.25) is 4.21 Å². The Hall–Kier alpha value is -1.71. The van der Waals surface area contributed by atoms with Crippen LogP contribution < -0.4 is 5.73 Å². The number of nitrogen functional groups attached to an aromatic ring is 1. The van der Waals surface area contributed by atoms with Crippen LogP contribution in [0.5, 0.6) is 0 Å². The topological polar surface area (TPSA) is 79.8 Å². The molecule has 0 saturated heterocycles. The summed E-state index contributed by atoms with van der Waals surface area (Å²) in [5.74, 6) is 0.303. The first-order chi connectivity index (χ1) is 9.10. The first-order valence-corrected chi connectivity index (χ1v) is 7.50. The molecule has 2 rings (SSSR count). The fourth-order valence-electron chi connectivity index (χ4n) is 1.56. The van der Waals surface area contributed by atoms with E-state index in [9.17, 15) is 4.21 Å². The standard InChI is InChI=1S/C13H10BrN3OS/c14-10-1-2-12(16)13(6-10)19(18)8-9-3-4-17-11(5-9)7-15/h1-6H,8,16H2. The second-order valence-electron chi connectivity index (χ2n) is 3.83. The van der Waals surface area contributed by atoms with E-state index in [1.807, 2.05) is 6.07 Å². The Kier molecular flexibility index (Phi) is 4.30. The van der Waals surface area contributed by atoms with Gasteiger partial charge in [-0.05, 0) is 35.9 Å². The van der Waals surface area contributed by atoms with Crippen LogP contribution in [-0.4, -0.2) is 9.19 Å². The van der Waals surface area contributed by atoms with E-state index in [1.165, 1.54) is 6.20 Å². The van der Waals surface area contributed by atoms with E-state index in [1.54, 1.807) is 30.3 Å². The Labute approximate surface area is 121 Å². The number of rotatable bonds is 3. The molecular weight excluding hydrogens is 326 g/mol. The molecule has 1 aromatic carbocycles. The van der Waals surface area contributed by atoms with E-state index in [0.29, 0.717) is 22.0 Å². The van der Waals surface area contributed by atoms with Gasteiger partial charge in [-0.15, -0.1) is 0 Å². The van der Waals surface area contributed by atoms with Crippen LogP contribution in [0.15, 0.2) is 45.9 Å². The minimum Gasteiger partial charge on any atom is -0.398 e. The van der Waals surface area contributed by atoms with Gasteiger partial charge in [0.1, 0.15) is 11.8 Å². The highest BCUT2D eigenvalue weighted by molar-refractivity contribution is 9.10. The molecule has 1 aromatic heterocycles. The number of benzene rings is 1. The van der Waals surface area contributed by atoms with E-state index >= 15 is 0 Å². The first-order valence-electron chi connectivity index (χ1n) is 5.38. The van der Waals surface area contributed by atoms with E-state index in [2.05, 4.69) is 20.9 Å². The van der Waals surface area contributed by atoms with Crippen LogP contribution in [0.2, 0.25) is 0 Å². The molecule has 0 bridgehead atoms. The van der Waals surface area contributed by atoms with Crippen molar-refractivity contribution in [3.63, 3.8) is 0 Å². The van der Waals surface area contributed by atoms with Gasteiger partial charge in [0.2, 0.25) is 0 Å². The number of pyridine rings is 1. The van der Waals surface area contributed by atoms with Crippen LogP contribution in [0.25, 0.3) is 0 Å². The Morgan fingerprint density at radius 3 is 2.89 bits per heavy atom. The summed E-state index contributed by atoms with van der Waals surface area (Å²) >= 11 is 3.33. The maximum atomic E-state index is 12.3. The summed E-state index contributed by atoms with van der Waals surface area (Å²) < 4.78 is 13.1. The van der Waals surface area contributed by atoms with Crippen molar-refractivity contribution in [1.29, 1.82) is 5.26 Å². The van der Waals surface area contributed by atoms with Crippen LogP contribution in [0.1, 0.15) is 11.3 Å². The maximum Gasteiger partial charge on any atom is 0.140 e. The molecule has 2 N–H and O–H groups in total. The summed E-state index contributed by atoms with van der Waals surface area (Å²) in [6, 6.07) is 10.6. The summed E-state index contributed by atoms with van der Waals surface area (Å²) in [5.41, 5.74) is 7.43. The molecule has 6 heteroatoms. The van der Waals surface area contributed by atoms with Gasteiger partial charge in [-0.25, -0.2) is 4.98 Å². The minimum atomic E-state index is -1.26. The van der Waals surface area contributed by atoms with Crippen LogP contribution in [0.3, 0.4) is 0 Å². The average Bonchev–Trinajstić information content (AvgIpc) is 2.41.